The third-order valence-electron chi connectivity index (χ3n) is 3.99. The van der Waals surface area contributed by atoms with Crippen LogP contribution in [-0.2, 0) is 0 Å². The highest BCUT2D eigenvalue weighted by Crippen LogP contribution is 2.43. The van der Waals surface area contributed by atoms with Gasteiger partial charge in [-0.3, -0.25) is 0 Å². The van der Waals surface area contributed by atoms with E-state index < -0.39 is 17.9 Å². The molecule has 1 nitrogen and oxygen atoms in total. The van der Waals surface area contributed by atoms with Crippen LogP contribution in [0.25, 0.3) is 0 Å². The zero-order valence-corrected chi connectivity index (χ0v) is 10.7. The normalized spacial score (nSPS) is 28.9. The Morgan fingerprint density at radius 1 is 1.33 bits per heavy atom. The monoisotopic (exact) mass is 254 g/mol. The van der Waals surface area contributed by atoms with Crippen LogP contribution >= 0.6 is 0 Å². The molecule has 2 rings (SSSR count). The fraction of sp³-hybridized carbons (Fsp3) is 0.600. The maximum atomic E-state index is 13.8. The Bertz CT molecular complexity index is 377. The summed E-state index contributed by atoms with van der Waals surface area (Å²) in [6, 6.07) is 9.67. The number of halogens is 2. The standard InChI is InChI=1S/C15H20F2O/c1-11(12-6-3-2-4-7-12)10-13-14(18)8-5-9-15(13,16)17/h2-4,6-7,11,13-14,18H,5,8-10H2,1H3/t11-,13-,14+/m0/s1. The average molecular weight is 254 g/mol. The zero-order chi connectivity index (χ0) is 13.2. The molecule has 100 valence electrons. The van der Waals surface area contributed by atoms with Gasteiger partial charge < -0.3 is 5.11 Å². The predicted molar refractivity (Wildman–Crippen MR) is 67.8 cm³/mol. The maximum Gasteiger partial charge on any atom is 0.253 e. The second-order valence-corrected chi connectivity index (χ2v) is 5.37. The van der Waals surface area contributed by atoms with E-state index in [9.17, 15) is 13.9 Å². The number of hydrogen-bond acceptors (Lipinski definition) is 1. The van der Waals surface area contributed by atoms with E-state index in [4.69, 9.17) is 0 Å². The minimum Gasteiger partial charge on any atom is -0.393 e. The SMILES string of the molecule is C[C@@H](C[C@H]1[C@H](O)CCCC1(F)F)c1ccccc1. The van der Waals surface area contributed by atoms with Crippen molar-refractivity contribution in [2.45, 2.75) is 50.6 Å². The molecule has 0 amide bonds. The number of alkyl halides is 2. The van der Waals surface area contributed by atoms with E-state index in [1.54, 1.807) is 0 Å². The van der Waals surface area contributed by atoms with Crippen LogP contribution < -0.4 is 0 Å². The fourth-order valence-electron chi connectivity index (χ4n) is 2.84. The van der Waals surface area contributed by atoms with Gasteiger partial charge in [-0.15, -0.1) is 0 Å². The lowest BCUT2D eigenvalue weighted by atomic mass is 9.77. The van der Waals surface area contributed by atoms with Crippen molar-refractivity contribution in [3.63, 3.8) is 0 Å². The maximum absolute atomic E-state index is 13.8. The molecule has 18 heavy (non-hydrogen) atoms. The molecule has 0 unspecified atom stereocenters. The van der Waals surface area contributed by atoms with E-state index in [0.29, 0.717) is 19.3 Å². The topological polar surface area (TPSA) is 20.2 Å². The molecule has 3 heteroatoms. The molecule has 1 aromatic carbocycles. The molecule has 1 saturated carbocycles. The van der Waals surface area contributed by atoms with Crippen LogP contribution in [0.2, 0.25) is 0 Å². The fourth-order valence-corrected chi connectivity index (χ4v) is 2.84. The highest BCUT2D eigenvalue weighted by atomic mass is 19.3. The first-order valence-electron chi connectivity index (χ1n) is 6.61. The van der Waals surface area contributed by atoms with Crippen molar-refractivity contribution < 1.29 is 13.9 Å². The Labute approximate surface area is 107 Å². The molecular weight excluding hydrogens is 234 g/mol. The third-order valence-corrected chi connectivity index (χ3v) is 3.99. The number of aliphatic hydroxyl groups excluding tert-OH is 1. The Kier molecular flexibility index (Phi) is 4.00. The van der Waals surface area contributed by atoms with Crippen LogP contribution in [-0.4, -0.2) is 17.1 Å². The van der Waals surface area contributed by atoms with Crippen molar-refractivity contribution in [1.82, 2.24) is 0 Å². The highest BCUT2D eigenvalue weighted by Gasteiger charge is 2.46. The van der Waals surface area contributed by atoms with Gasteiger partial charge >= 0.3 is 0 Å². The van der Waals surface area contributed by atoms with E-state index in [0.717, 1.165) is 5.56 Å². The van der Waals surface area contributed by atoms with Gasteiger partial charge in [0.15, 0.2) is 0 Å². The lowest BCUT2D eigenvalue weighted by Gasteiger charge is -2.36. The van der Waals surface area contributed by atoms with E-state index in [-0.39, 0.29) is 12.3 Å². The first-order chi connectivity index (χ1) is 8.50. The first kappa shape index (κ1) is 13.5. The summed E-state index contributed by atoms with van der Waals surface area (Å²) in [6.07, 6.45) is 0.320. The molecular formula is C15H20F2O. The van der Waals surface area contributed by atoms with Gasteiger partial charge in [0.1, 0.15) is 0 Å². The average Bonchev–Trinajstić information content (AvgIpc) is 2.34. The molecule has 0 bridgehead atoms. The van der Waals surface area contributed by atoms with Gasteiger partial charge in [0, 0.05) is 12.3 Å². The molecule has 1 N–H and O–H groups in total. The van der Waals surface area contributed by atoms with Gasteiger partial charge in [-0.1, -0.05) is 37.3 Å². The van der Waals surface area contributed by atoms with Gasteiger partial charge in [-0.25, -0.2) is 8.78 Å². The first-order valence-corrected chi connectivity index (χ1v) is 6.61. The molecule has 0 aliphatic heterocycles. The summed E-state index contributed by atoms with van der Waals surface area (Å²) in [5.41, 5.74) is 1.06. The Morgan fingerprint density at radius 3 is 2.61 bits per heavy atom. The summed E-state index contributed by atoms with van der Waals surface area (Å²) in [6.45, 7) is 1.95. The number of hydrogen-bond donors (Lipinski definition) is 1. The summed E-state index contributed by atoms with van der Waals surface area (Å²) in [5, 5.41) is 9.82. The molecule has 0 radical (unpaired) electrons. The van der Waals surface area contributed by atoms with Gasteiger partial charge in [0.05, 0.1) is 6.10 Å². The van der Waals surface area contributed by atoms with Crippen LogP contribution in [0.15, 0.2) is 30.3 Å². The van der Waals surface area contributed by atoms with Crippen molar-refractivity contribution >= 4 is 0 Å². The van der Waals surface area contributed by atoms with E-state index in [2.05, 4.69) is 0 Å². The van der Waals surface area contributed by atoms with Gasteiger partial charge in [0.2, 0.25) is 0 Å². The summed E-state index contributed by atoms with van der Waals surface area (Å²) in [5.74, 6) is -3.57. The summed E-state index contributed by atoms with van der Waals surface area (Å²) in [4.78, 5) is 0. The van der Waals surface area contributed by atoms with Crippen molar-refractivity contribution in [1.29, 1.82) is 0 Å². The van der Waals surface area contributed by atoms with Crippen LogP contribution in [0.1, 0.15) is 44.1 Å². The number of aliphatic hydroxyl groups is 1. The summed E-state index contributed by atoms with van der Waals surface area (Å²) in [7, 11) is 0. The molecule has 0 aromatic heterocycles. The molecule has 1 aromatic rings. The molecule has 1 aliphatic rings. The molecule has 0 heterocycles. The van der Waals surface area contributed by atoms with Gasteiger partial charge in [-0.2, -0.15) is 0 Å². The number of rotatable bonds is 3. The Balaban J connectivity index is 2.07. The molecule has 0 saturated heterocycles. The molecule has 1 aliphatic carbocycles. The second kappa shape index (κ2) is 5.35. The molecule has 1 fully saturated rings. The lowest BCUT2D eigenvalue weighted by Crippen LogP contribution is -2.42. The molecule has 0 spiro atoms. The number of benzene rings is 1. The Hall–Kier alpha value is -0.960. The minimum absolute atomic E-state index is 0.0508. The van der Waals surface area contributed by atoms with E-state index in [1.807, 2.05) is 37.3 Å². The highest BCUT2D eigenvalue weighted by molar-refractivity contribution is 5.19. The van der Waals surface area contributed by atoms with Gasteiger partial charge in [0.25, 0.3) is 5.92 Å². The van der Waals surface area contributed by atoms with Crippen LogP contribution in [0.3, 0.4) is 0 Å². The second-order valence-electron chi connectivity index (χ2n) is 5.37. The van der Waals surface area contributed by atoms with E-state index >= 15 is 0 Å². The van der Waals surface area contributed by atoms with E-state index in [1.165, 1.54) is 0 Å². The van der Waals surface area contributed by atoms with Gasteiger partial charge in [-0.05, 0) is 30.7 Å². The van der Waals surface area contributed by atoms with Crippen LogP contribution in [0.4, 0.5) is 8.78 Å². The lowest BCUT2D eigenvalue weighted by molar-refractivity contribution is -0.137. The van der Waals surface area contributed by atoms with Crippen molar-refractivity contribution in [2.24, 2.45) is 5.92 Å². The summed E-state index contributed by atoms with van der Waals surface area (Å²) >= 11 is 0. The Morgan fingerprint density at radius 2 is 2.00 bits per heavy atom. The third kappa shape index (κ3) is 2.89. The predicted octanol–water partition coefficient (Wildman–Crippen LogP) is 3.98. The molecule has 3 atom stereocenters. The largest absolute Gasteiger partial charge is 0.393 e. The smallest absolute Gasteiger partial charge is 0.253 e. The van der Waals surface area contributed by atoms with Crippen molar-refractivity contribution in [3.8, 4) is 0 Å². The quantitative estimate of drug-likeness (QED) is 0.865. The van der Waals surface area contributed by atoms with Crippen molar-refractivity contribution in [3.05, 3.63) is 35.9 Å². The van der Waals surface area contributed by atoms with Crippen LogP contribution in [0, 0.1) is 5.92 Å². The van der Waals surface area contributed by atoms with Crippen LogP contribution in [0.5, 0.6) is 0 Å². The zero-order valence-electron chi connectivity index (χ0n) is 10.7. The minimum atomic E-state index is -2.72. The van der Waals surface area contributed by atoms with Crippen molar-refractivity contribution in [2.75, 3.05) is 0 Å². The summed E-state index contributed by atoms with van der Waals surface area (Å²) < 4.78 is 27.7.